The molecule has 1 saturated carbocycles. The number of hydrogen-bond donors (Lipinski definition) is 0. The van der Waals surface area contributed by atoms with E-state index in [-0.39, 0.29) is 12.0 Å². The summed E-state index contributed by atoms with van der Waals surface area (Å²) in [5, 5.41) is 0. The summed E-state index contributed by atoms with van der Waals surface area (Å²) >= 11 is 0. The summed E-state index contributed by atoms with van der Waals surface area (Å²) in [4.78, 5) is 10.4. The highest BCUT2D eigenvalue weighted by Crippen LogP contribution is 2.44. The Bertz CT molecular complexity index is 200. The lowest BCUT2D eigenvalue weighted by molar-refractivity contribution is -0.141. The van der Waals surface area contributed by atoms with Gasteiger partial charge in [-0.05, 0) is 26.2 Å². The highest BCUT2D eigenvalue weighted by atomic mass is 16.7. The van der Waals surface area contributed by atoms with E-state index in [1.165, 1.54) is 0 Å². The van der Waals surface area contributed by atoms with Crippen molar-refractivity contribution in [2.75, 3.05) is 6.61 Å². The number of carbonyl (C=O) groups is 1. The molecule has 0 aromatic carbocycles. The first-order chi connectivity index (χ1) is 5.62. The summed E-state index contributed by atoms with van der Waals surface area (Å²) in [5.74, 6) is 0.206. The lowest BCUT2D eigenvalue weighted by Gasteiger charge is -2.16. The second-order valence-electron chi connectivity index (χ2n) is 4.07. The van der Waals surface area contributed by atoms with Crippen LogP contribution in [0.4, 0.5) is 0 Å². The van der Waals surface area contributed by atoms with Crippen LogP contribution < -0.4 is 0 Å². The molecule has 0 aromatic heterocycles. The molecule has 0 aromatic rings. The van der Waals surface area contributed by atoms with Gasteiger partial charge in [-0.25, -0.2) is 0 Å². The molecule has 0 unspecified atom stereocenters. The molecule has 12 heavy (non-hydrogen) atoms. The average molecular weight is 170 g/mol. The zero-order valence-corrected chi connectivity index (χ0v) is 7.45. The normalized spacial score (nSPS) is 44.3. The molecule has 1 aliphatic carbocycles. The third-order valence-electron chi connectivity index (χ3n) is 2.57. The van der Waals surface area contributed by atoms with E-state index >= 15 is 0 Å². The summed E-state index contributed by atoms with van der Waals surface area (Å²) in [6.45, 7) is 4.46. The first-order valence-electron chi connectivity index (χ1n) is 4.39. The fraction of sp³-hybridized carbons (Fsp3) is 0.889. The van der Waals surface area contributed by atoms with E-state index < -0.39 is 5.79 Å². The van der Waals surface area contributed by atoms with Crippen molar-refractivity contribution < 1.29 is 14.3 Å². The summed E-state index contributed by atoms with van der Waals surface area (Å²) in [5.41, 5.74) is 0. The molecule has 68 valence electrons. The van der Waals surface area contributed by atoms with Crippen molar-refractivity contribution in [2.24, 2.45) is 11.8 Å². The molecular formula is C9H14O3. The van der Waals surface area contributed by atoms with Crippen molar-refractivity contribution >= 4 is 6.29 Å². The van der Waals surface area contributed by atoms with Crippen LogP contribution in [0.1, 0.15) is 20.3 Å². The summed E-state index contributed by atoms with van der Waals surface area (Å²) in [7, 11) is 0. The molecule has 0 bridgehead atoms. The average Bonchev–Trinajstić information content (AvgIpc) is 2.70. The molecule has 1 aliphatic heterocycles. The minimum atomic E-state index is -0.444. The quantitative estimate of drug-likeness (QED) is 0.579. The summed E-state index contributed by atoms with van der Waals surface area (Å²) < 4.78 is 11.0. The third kappa shape index (κ3) is 1.39. The largest absolute Gasteiger partial charge is 0.348 e. The Balaban J connectivity index is 1.89. The summed E-state index contributed by atoms with van der Waals surface area (Å²) in [6, 6.07) is 0. The Morgan fingerprint density at radius 1 is 1.50 bits per heavy atom. The number of carbonyl (C=O) groups excluding carboxylic acids is 1. The van der Waals surface area contributed by atoms with E-state index in [2.05, 4.69) is 0 Å². The number of rotatable bonds is 2. The van der Waals surface area contributed by atoms with Crippen molar-refractivity contribution in [1.82, 2.24) is 0 Å². The molecule has 2 fully saturated rings. The van der Waals surface area contributed by atoms with E-state index in [9.17, 15) is 4.79 Å². The van der Waals surface area contributed by atoms with Crippen LogP contribution in [0.2, 0.25) is 0 Å². The van der Waals surface area contributed by atoms with E-state index in [0.717, 1.165) is 12.7 Å². The minimum Gasteiger partial charge on any atom is -0.348 e. The van der Waals surface area contributed by atoms with Crippen LogP contribution in [0.3, 0.4) is 0 Å². The number of ether oxygens (including phenoxy) is 2. The van der Waals surface area contributed by atoms with Gasteiger partial charge in [0.15, 0.2) is 5.79 Å². The van der Waals surface area contributed by atoms with Gasteiger partial charge in [-0.15, -0.1) is 0 Å². The number of hydrogen-bond acceptors (Lipinski definition) is 3. The van der Waals surface area contributed by atoms with Gasteiger partial charge in [0.25, 0.3) is 0 Å². The highest BCUT2D eigenvalue weighted by Gasteiger charge is 2.48. The SMILES string of the molecule is CC1(C)OC[C@H]([C@H]2C[C@@H]2C=O)O1. The van der Waals surface area contributed by atoms with Gasteiger partial charge in [-0.3, -0.25) is 0 Å². The molecule has 0 spiro atoms. The van der Waals surface area contributed by atoms with Gasteiger partial charge in [-0.2, -0.15) is 0 Å². The van der Waals surface area contributed by atoms with Gasteiger partial charge in [0.1, 0.15) is 6.29 Å². The predicted molar refractivity (Wildman–Crippen MR) is 42.6 cm³/mol. The zero-order chi connectivity index (χ0) is 8.77. The summed E-state index contributed by atoms with van der Waals surface area (Å²) in [6.07, 6.45) is 2.16. The van der Waals surface area contributed by atoms with Crippen molar-refractivity contribution in [3.05, 3.63) is 0 Å². The van der Waals surface area contributed by atoms with Crippen molar-refractivity contribution in [1.29, 1.82) is 0 Å². The maximum Gasteiger partial charge on any atom is 0.163 e. The fourth-order valence-electron chi connectivity index (χ4n) is 1.75. The smallest absolute Gasteiger partial charge is 0.163 e. The maximum atomic E-state index is 10.4. The second kappa shape index (κ2) is 2.54. The van der Waals surface area contributed by atoms with Crippen LogP contribution in [0.25, 0.3) is 0 Å². The molecule has 1 heterocycles. The lowest BCUT2D eigenvalue weighted by atomic mass is 10.2. The first kappa shape index (κ1) is 8.20. The fourth-order valence-corrected chi connectivity index (χ4v) is 1.75. The predicted octanol–water partition coefficient (Wildman–Crippen LogP) is 0.973. The monoisotopic (exact) mass is 170 g/mol. The van der Waals surface area contributed by atoms with Crippen LogP contribution in [-0.2, 0) is 14.3 Å². The molecule has 3 atom stereocenters. The Hall–Kier alpha value is -0.410. The molecule has 3 heteroatoms. The topological polar surface area (TPSA) is 35.5 Å². The van der Waals surface area contributed by atoms with Crippen LogP contribution in [0, 0.1) is 11.8 Å². The van der Waals surface area contributed by atoms with Gasteiger partial charge in [0, 0.05) is 5.92 Å². The Morgan fingerprint density at radius 2 is 2.25 bits per heavy atom. The van der Waals surface area contributed by atoms with Crippen molar-refractivity contribution in [3.63, 3.8) is 0 Å². The maximum absolute atomic E-state index is 10.4. The van der Waals surface area contributed by atoms with Crippen molar-refractivity contribution in [2.45, 2.75) is 32.2 Å². The van der Waals surface area contributed by atoms with Crippen molar-refractivity contribution in [3.8, 4) is 0 Å². The Kier molecular flexibility index (Phi) is 1.73. The molecule has 0 amide bonds. The van der Waals surface area contributed by atoms with Crippen LogP contribution in [0.15, 0.2) is 0 Å². The van der Waals surface area contributed by atoms with E-state index in [1.807, 2.05) is 13.8 Å². The third-order valence-corrected chi connectivity index (χ3v) is 2.57. The van der Waals surface area contributed by atoms with Crippen LogP contribution >= 0.6 is 0 Å². The van der Waals surface area contributed by atoms with E-state index in [4.69, 9.17) is 9.47 Å². The first-order valence-corrected chi connectivity index (χ1v) is 4.39. The van der Waals surface area contributed by atoms with Crippen LogP contribution in [-0.4, -0.2) is 24.8 Å². The molecule has 1 saturated heterocycles. The molecule has 2 rings (SSSR count). The highest BCUT2D eigenvalue weighted by molar-refractivity contribution is 5.58. The van der Waals surface area contributed by atoms with Gasteiger partial charge >= 0.3 is 0 Å². The van der Waals surface area contributed by atoms with Gasteiger partial charge in [-0.1, -0.05) is 0 Å². The second-order valence-corrected chi connectivity index (χ2v) is 4.07. The van der Waals surface area contributed by atoms with Gasteiger partial charge in [0.05, 0.1) is 12.7 Å². The minimum absolute atomic E-state index is 0.148. The van der Waals surface area contributed by atoms with E-state index in [0.29, 0.717) is 12.5 Å². The van der Waals surface area contributed by atoms with Gasteiger partial charge < -0.3 is 14.3 Å². The Morgan fingerprint density at radius 3 is 2.67 bits per heavy atom. The molecule has 3 nitrogen and oxygen atoms in total. The molecule has 0 radical (unpaired) electrons. The lowest BCUT2D eigenvalue weighted by Crippen LogP contribution is -2.22. The Labute approximate surface area is 72.0 Å². The van der Waals surface area contributed by atoms with Crippen LogP contribution in [0.5, 0.6) is 0 Å². The molecule has 0 N–H and O–H groups in total. The number of aldehydes is 1. The molecular weight excluding hydrogens is 156 g/mol. The van der Waals surface area contributed by atoms with E-state index in [1.54, 1.807) is 0 Å². The standard InChI is InChI=1S/C9H14O3/c1-9(2)11-5-8(12-9)7-3-6(7)4-10/h4,6-8H,3,5H2,1-2H3/t6-,7+,8-/m1/s1. The zero-order valence-electron chi connectivity index (χ0n) is 7.45. The van der Waals surface area contributed by atoms with Gasteiger partial charge in [0.2, 0.25) is 0 Å². The molecule has 2 aliphatic rings.